The van der Waals surface area contributed by atoms with Gasteiger partial charge in [0, 0.05) is 35.3 Å². The van der Waals surface area contributed by atoms with E-state index in [0.717, 1.165) is 23.1 Å². The lowest BCUT2D eigenvalue weighted by atomic mass is 9.42. The number of fused-ring (bicyclic) bond motifs is 3. The molecule has 0 saturated heterocycles. The van der Waals surface area contributed by atoms with Crippen molar-refractivity contribution in [2.75, 3.05) is 6.61 Å². The third kappa shape index (κ3) is 7.60. The van der Waals surface area contributed by atoms with Gasteiger partial charge in [0.1, 0.15) is 6.10 Å². The summed E-state index contributed by atoms with van der Waals surface area (Å²) in [4.78, 5) is 29.0. The minimum Gasteiger partial charge on any atom is -0.456 e. The number of aliphatic hydroxyl groups excluding tert-OH is 1. The average Bonchev–Trinajstić information content (AvgIpc) is 3.13. The summed E-state index contributed by atoms with van der Waals surface area (Å²) in [5, 5.41) is 28.9. The van der Waals surface area contributed by atoms with E-state index in [2.05, 4.69) is 87.6 Å². The second kappa shape index (κ2) is 16.1. The van der Waals surface area contributed by atoms with E-state index >= 15 is 4.79 Å². The number of benzene rings is 2. The molecule has 3 aliphatic carbocycles. The molecule has 2 saturated carbocycles. The van der Waals surface area contributed by atoms with Crippen LogP contribution in [0.5, 0.6) is 0 Å². The van der Waals surface area contributed by atoms with Crippen LogP contribution in [0.3, 0.4) is 0 Å². The molecular formula is C47H71NO7Si. The normalized spacial score (nSPS) is 34.4. The van der Waals surface area contributed by atoms with Crippen molar-refractivity contribution in [1.82, 2.24) is 5.32 Å². The molecule has 2 fully saturated rings. The summed E-state index contributed by atoms with van der Waals surface area (Å²) in [7, 11) is -2.66. The smallest absolute Gasteiger partial charge is 0.337 e. The van der Waals surface area contributed by atoms with Crippen LogP contribution in [0, 0.1) is 40.4 Å². The summed E-state index contributed by atoms with van der Waals surface area (Å²) in [6.07, 6.45) is -1.64. The Hall–Kier alpha value is -2.82. The zero-order valence-corrected chi connectivity index (χ0v) is 37.6. The summed E-state index contributed by atoms with van der Waals surface area (Å²) in [5.74, 6) is -1.38. The van der Waals surface area contributed by atoms with E-state index in [4.69, 9.17) is 13.9 Å². The molecule has 9 heteroatoms. The number of hydrogen-bond acceptors (Lipinski definition) is 7. The number of ether oxygens (including phenoxy) is 2. The fraction of sp³-hybridized carbons (Fsp3) is 0.660. The van der Waals surface area contributed by atoms with Crippen molar-refractivity contribution in [2.24, 2.45) is 40.4 Å². The van der Waals surface area contributed by atoms with Crippen LogP contribution < -0.4 is 5.32 Å². The Morgan fingerprint density at radius 2 is 1.54 bits per heavy atom. The van der Waals surface area contributed by atoms with Gasteiger partial charge in [0.25, 0.3) is 5.91 Å². The zero-order chi connectivity index (χ0) is 41.8. The molecule has 310 valence electrons. The van der Waals surface area contributed by atoms with Gasteiger partial charge in [0.15, 0.2) is 14.4 Å². The van der Waals surface area contributed by atoms with Gasteiger partial charge in [-0.3, -0.25) is 4.79 Å². The van der Waals surface area contributed by atoms with Crippen LogP contribution in [0.1, 0.15) is 118 Å². The van der Waals surface area contributed by atoms with Gasteiger partial charge in [0.05, 0.1) is 23.9 Å². The summed E-state index contributed by atoms with van der Waals surface area (Å²) in [6, 6.07) is 17.6. The highest BCUT2D eigenvalue weighted by Gasteiger charge is 2.66. The van der Waals surface area contributed by atoms with Crippen LogP contribution in [0.2, 0.25) is 18.1 Å². The molecule has 0 aliphatic heterocycles. The molecule has 2 bridgehead atoms. The first kappa shape index (κ1) is 44.3. The molecular weight excluding hydrogens is 719 g/mol. The Labute approximate surface area is 338 Å². The molecule has 0 heterocycles. The molecule has 5 rings (SSSR count). The fourth-order valence-corrected chi connectivity index (χ4v) is 12.2. The third-order valence-electron chi connectivity index (χ3n) is 15.4. The fourth-order valence-electron chi connectivity index (χ4n) is 11.0. The predicted octanol–water partition coefficient (Wildman–Crippen LogP) is 9.29. The van der Waals surface area contributed by atoms with Gasteiger partial charge in [0.2, 0.25) is 0 Å². The van der Waals surface area contributed by atoms with Crippen LogP contribution in [0.25, 0.3) is 0 Å². The first-order valence-corrected chi connectivity index (χ1v) is 23.9. The molecule has 0 spiro atoms. The standard InChI is InChI=1S/C47H71NO7Si/c1-15-53-35-26-28(2)46(12)38(29(35)3)32(6)47(52)27-36(30(4)37(45(47,10)11)31(5)41(46)49)54-43(51)40(55-56(13,14)44(7,8)9)39(33-22-18-16-19-23-33)48-42(50)34-24-20-17-21-25-34/h16-25,28-29,31-32,35-36,38-41,49,52H,15,26-27H2,1-14H3,(H,48,50)/t28-,29-,31-,32-,35+,36-,38-,39-,40+,41-,46+,47+/m0/s1. The van der Waals surface area contributed by atoms with E-state index < -0.39 is 55.1 Å². The first-order valence-electron chi connectivity index (χ1n) is 21.0. The lowest BCUT2D eigenvalue weighted by molar-refractivity contribution is -0.232. The summed E-state index contributed by atoms with van der Waals surface area (Å²) < 4.78 is 20.1. The zero-order valence-electron chi connectivity index (χ0n) is 36.6. The maximum absolute atomic E-state index is 15.1. The molecule has 12 atom stereocenters. The minimum absolute atomic E-state index is 0.00685. The Morgan fingerprint density at radius 3 is 2.09 bits per heavy atom. The maximum atomic E-state index is 15.1. The molecule has 8 nitrogen and oxygen atoms in total. The van der Waals surface area contributed by atoms with Crippen LogP contribution in [-0.4, -0.2) is 67.0 Å². The number of esters is 1. The molecule has 3 N–H and O–H groups in total. The number of rotatable bonds is 10. The van der Waals surface area contributed by atoms with Gasteiger partial charge in [-0.1, -0.05) is 123 Å². The van der Waals surface area contributed by atoms with E-state index in [9.17, 15) is 15.0 Å². The van der Waals surface area contributed by atoms with E-state index in [0.29, 0.717) is 12.2 Å². The number of amides is 1. The average molecular weight is 790 g/mol. The van der Waals surface area contributed by atoms with E-state index in [-0.39, 0.29) is 53.1 Å². The number of nitrogens with one attached hydrogen (secondary N) is 1. The Kier molecular flexibility index (Phi) is 12.7. The molecule has 3 aliphatic rings. The van der Waals surface area contributed by atoms with E-state index in [1.165, 1.54) is 0 Å². The van der Waals surface area contributed by atoms with Crippen molar-refractivity contribution < 1.29 is 33.7 Å². The maximum Gasteiger partial charge on any atom is 0.337 e. The van der Waals surface area contributed by atoms with Crippen molar-refractivity contribution in [1.29, 1.82) is 0 Å². The largest absolute Gasteiger partial charge is 0.456 e. The van der Waals surface area contributed by atoms with Gasteiger partial charge in [-0.25, -0.2) is 4.79 Å². The second-order valence-corrected chi connectivity index (χ2v) is 24.5. The lowest BCUT2D eigenvalue weighted by Gasteiger charge is -2.66. The van der Waals surface area contributed by atoms with Gasteiger partial charge in [-0.2, -0.15) is 0 Å². The summed E-state index contributed by atoms with van der Waals surface area (Å²) in [6.45, 7) is 30.2. The van der Waals surface area contributed by atoms with Gasteiger partial charge < -0.3 is 29.4 Å². The molecule has 1 amide bonds. The molecule has 0 aromatic heterocycles. The number of aliphatic hydroxyl groups is 2. The highest BCUT2D eigenvalue weighted by Crippen LogP contribution is 2.65. The SMILES string of the molecule is CCO[C@@H]1C[C@H](C)[C@]2(C)[C@@H]([C@H]1C)[C@H](C)[C@]1(O)C[C@H](OC(=O)[C@H](O[Si](C)(C)C(C)(C)C)[C@@H](NC(=O)c3ccccc3)c3ccccc3)C(C)=C([C@H](C)[C@@H]2O)C1(C)C. The molecule has 0 radical (unpaired) electrons. The Bertz CT molecular complexity index is 1740. The topological polar surface area (TPSA) is 114 Å². The molecule has 2 aromatic carbocycles. The second-order valence-electron chi connectivity index (χ2n) is 19.7. The van der Waals surface area contributed by atoms with Gasteiger partial charge >= 0.3 is 5.97 Å². The molecule has 2 aromatic rings. The molecule has 56 heavy (non-hydrogen) atoms. The Morgan fingerprint density at radius 1 is 0.964 bits per heavy atom. The van der Waals surface area contributed by atoms with Crippen molar-refractivity contribution in [3.63, 3.8) is 0 Å². The van der Waals surface area contributed by atoms with Gasteiger partial charge in [-0.05, 0) is 85.3 Å². The number of hydrogen-bond donors (Lipinski definition) is 3. The quantitative estimate of drug-likeness (QED) is 0.125. The first-order chi connectivity index (χ1) is 26.0. The Balaban J connectivity index is 1.63. The van der Waals surface area contributed by atoms with E-state index in [1.54, 1.807) is 12.1 Å². The van der Waals surface area contributed by atoms with Crippen LogP contribution in [0.15, 0.2) is 71.8 Å². The highest BCUT2D eigenvalue weighted by atomic mass is 28.4. The van der Waals surface area contributed by atoms with E-state index in [1.807, 2.05) is 62.4 Å². The summed E-state index contributed by atoms with van der Waals surface area (Å²) in [5.41, 5.74) is 0.447. The van der Waals surface area contributed by atoms with Crippen molar-refractivity contribution in [3.8, 4) is 0 Å². The minimum atomic E-state index is -2.66. The van der Waals surface area contributed by atoms with Crippen molar-refractivity contribution >= 4 is 20.2 Å². The number of carbonyl (C=O) groups is 2. The number of carbonyl (C=O) groups excluding carboxylic acids is 2. The highest BCUT2D eigenvalue weighted by molar-refractivity contribution is 6.74. The van der Waals surface area contributed by atoms with Gasteiger partial charge in [-0.15, -0.1) is 0 Å². The van der Waals surface area contributed by atoms with Crippen LogP contribution >= 0.6 is 0 Å². The predicted molar refractivity (Wildman–Crippen MR) is 225 cm³/mol. The van der Waals surface area contributed by atoms with Crippen LogP contribution in [0.4, 0.5) is 0 Å². The van der Waals surface area contributed by atoms with Crippen molar-refractivity contribution in [3.05, 3.63) is 82.9 Å². The monoisotopic (exact) mass is 789 g/mol. The summed E-state index contributed by atoms with van der Waals surface area (Å²) >= 11 is 0. The third-order valence-corrected chi connectivity index (χ3v) is 19.9. The van der Waals surface area contributed by atoms with Crippen molar-refractivity contribution in [2.45, 2.75) is 150 Å². The molecule has 0 unspecified atom stereocenters. The lowest BCUT2D eigenvalue weighted by Crippen LogP contribution is -2.68. The van der Waals surface area contributed by atoms with Crippen LogP contribution in [-0.2, 0) is 18.7 Å².